The van der Waals surface area contributed by atoms with E-state index in [0.717, 1.165) is 16.9 Å². The van der Waals surface area contributed by atoms with Gasteiger partial charge in [0, 0.05) is 12.4 Å². The molecule has 0 aromatic carbocycles. The highest BCUT2D eigenvalue weighted by Crippen LogP contribution is 2.22. The van der Waals surface area contributed by atoms with Crippen molar-refractivity contribution in [2.75, 3.05) is 7.05 Å². The summed E-state index contributed by atoms with van der Waals surface area (Å²) >= 11 is 3.31. The normalized spacial score (nSPS) is 12.6. The third kappa shape index (κ3) is 2.71. The van der Waals surface area contributed by atoms with Crippen molar-refractivity contribution in [2.24, 2.45) is 0 Å². The number of hydrogen-bond acceptors (Lipinski definition) is 3. The zero-order valence-electron chi connectivity index (χ0n) is 8.98. The van der Waals surface area contributed by atoms with E-state index in [-0.39, 0.29) is 6.04 Å². The summed E-state index contributed by atoms with van der Waals surface area (Å²) in [6.07, 6.45) is 4.52. The van der Waals surface area contributed by atoms with Crippen LogP contribution in [0, 0.1) is 0 Å². The van der Waals surface area contributed by atoms with E-state index in [9.17, 15) is 0 Å². The first-order valence-corrected chi connectivity index (χ1v) is 5.90. The van der Waals surface area contributed by atoms with E-state index >= 15 is 0 Å². The molecular weight excluding hydrogens is 268 g/mol. The molecule has 0 spiro atoms. The number of nitrogens with one attached hydrogen (secondary N) is 1. The monoisotopic (exact) mass is 280 g/mol. The van der Waals surface area contributed by atoms with Gasteiger partial charge in [0.15, 0.2) is 4.67 Å². The van der Waals surface area contributed by atoms with Gasteiger partial charge in [0.25, 0.3) is 0 Å². The van der Waals surface area contributed by atoms with Crippen molar-refractivity contribution < 1.29 is 4.42 Å². The highest BCUT2D eigenvalue weighted by molar-refractivity contribution is 9.10. The van der Waals surface area contributed by atoms with Gasteiger partial charge < -0.3 is 9.73 Å². The van der Waals surface area contributed by atoms with Gasteiger partial charge in [-0.25, -0.2) is 0 Å². The maximum atomic E-state index is 5.54. The highest BCUT2D eigenvalue weighted by atomic mass is 79.9. The number of likely N-dealkylation sites (N-methyl/N-ethyl adjacent to an activating group) is 1. The number of furan rings is 1. The first kappa shape index (κ1) is 11.4. The summed E-state index contributed by atoms with van der Waals surface area (Å²) in [5.74, 6) is 0.929. The zero-order valence-corrected chi connectivity index (χ0v) is 10.6. The lowest BCUT2D eigenvalue weighted by molar-refractivity contribution is 0.416. The lowest BCUT2D eigenvalue weighted by Gasteiger charge is -2.13. The van der Waals surface area contributed by atoms with Crippen molar-refractivity contribution >= 4 is 15.9 Å². The average molecular weight is 281 g/mol. The highest BCUT2D eigenvalue weighted by Gasteiger charge is 2.13. The minimum absolute atomic E-state index is 0.176. The van der Waals surface area contributed by atoms with Gasteiger partial charge in [0.2, 0.25) is 0 Å². The predicted octanol–water partition coefficient (Wildman–Crippen LogP) is 2.94. The molecule has 2 aromatic heterocycles. The first-order chi connectivity index (χ1) is 7.79. The van der Waals surface area contributed by atoms with Gasteiger partial charge in [-0.15, -0.1) is 0 Å². The predicted molar refractivity (Wildman–Crippen MR) is 66.1 cm³/mol. The third-order valence-electron chi connectivity index (χ3n) is 2.45. The lowest BCUT2D eigenvalue weighted by Crippen LogP contribution is -2.18. The van der Waals surface area contributed by atoms with Crippen molar-refractivity contribution in [3.05, 3.63) is 52.7 Å². The van der Waals surface area contributed by atoms with Gasteiger partial charge in [-0.2, -0.15) is 0 Å². The van der Waals surface area contributed by atoms with Crippen LogP contribution in [0.1, 0.15) is 17.4 Å². The molecule has 0 saturated heterocycles. The third-order valence-corrected chi connectivity index (χ3v) is 2.87. The Labute approximate surface area is 103 Å². The van der Waals surface area contributed by atoms with E-state index in [2.05, 4.69) is 32.3 Å². The number of hydrogen-bond donors (Lipinski definition) is 1. The van der Waals surface area contributed by atoms with E-state index in [4.69, 9.17) is 4.42 Å². The van der Waals surface area contributed by atoms with Gasteiger partial charge in [-0.3, -0.25) is 4.98 Å². The van der Waals surface area contributed by atoms with Gasteiger partial charge in [0.05, 0.1) is 6.04 Å². The Bertz CT molecular complexity index is 441. The molecule has 3 nitrogen and oxygen atoms in total. The van der Waals surface area contributed by atoms with Gasteiger partial charge in [0.1, 0.15) is 5.76 Å². The van der Waals surface area contributed by atoms with Crippen LogP contribution in [0.25, 0.3) is 0 Å². The Morgan fingerprint density at radius 2 is 2.31 bits per heavy atom. The fourth-order valence-corrected chi connectivity index (χ4v) is 1.93. The van der Waals surface area contributed by atoms with Crippen LogP contribution < -0.4 is 5.32 Å². The molecule has 1 unspecified atom stereocenters. The number of aromatic nitrogens is 1. The molecule has 2 heterocycles. The minimum atomic E-state index is 0.176. The van der Waals surface area contributed by atoms with Crippen LogP contribution in [-0.2, 0) is 6.42 Å². The number of pyridine rings is 1. The fraction of sp³-hybridized carbons (Fsp3) is 0.250. The molecule has 0 aliphatic carbocycles. The maximum Gasteiger partial charge on any atom is 0.169 e. The van der Waals surface area contributed by atoms with Crippen LogP contribution in [0.3, 0.4) is 0 Å². The largest absolute Gasteiger partial charge is 0.453 e. The summed E-state index contributed by atoms with van der Waals surface area (Å²) in [4.78, 5) is 4.10. The lowest BCUT2D eigenvalue weighted by atomic mass is 10.1. The van der Waals surface area contributed by atoms with Gasteiger partial charge >= 0.3 is 0 Å². The summed E-state index contributed by atoms with van der Waals surface area (Å²) < 4.78 is 6.30. The van der Waals surface area contributed by atoms with Crippen LogP contribution in [0.2, 0.25) is 0 Å². The van der Waals surface area contributed by atoms with Crippen molar-refractivity contribution in [3.63, 3.8) is 0 Å². The minimum Gasteiger partial charge on any atom is -0.453 e. The quantitative estimate of drug-likeness (QED) is 0.936. The smallest absolute Gasteiger partial charge is 0.169 e. The summed E-state index contributed by atoms with van der Waals surface area (Å²) in [5.41, 5.74) is 1.19. The van der Waals surface area contributed by atoms with Crippen LogP contribution >= 0.6 is 15.9 Å². The Kier molecular flexibility index (Phi) is 3.74. The van der Waals surface area contributed by atoms with Crippen LogP contribution in [0.4, 0.5) is 0 Å². The van der Waals surface area contributed by atoms with E-state index < -0.39 is 0 Å². The summed E-state index contributed by atoms with van der Waals surface area (Å²) in [5, 5.41) is 3.24. The van der Waals surface area contributed by atoms with E-state index in [0.29, 0.717) is 0 Å². The molecule has 16 heavy (non-hydrogen) atoms. The van der Waals surface area contributed by atoms with Crippen molar-refractivity contribution in [3.8, 4) is 0 Å². The van der Waals surface area contributed by atoms with E-state index in [1.54, 1.807) is 6.20 Å². The van der Waals surface area contributed by atoms with Crippen LogP contribution in [0.15, 0.2) is 45.7 Å². The molecule has 0 saturated carbocycles. The summed E-state index contributed by atoms with van der Waals surface area (Å²) in [6, 6.07) is 8.07. The number of halogens is 1. The standard InChI is InChI=1S/C12H13BrN2O/c1-14-10(11-4-5-12(13)16-11)7-9-3-2-6-15-8-9/h2-6,8,10,14H,7H2,1H3. The van der Waals surface area contributed by atoms with E-state index in [1.807, 2.05) is 31.4 Å². The molecule has 0 radical (unpaired) electrons. The van der Waals surface area contributed by atoms with Crippen molar-refractivity contribution in [1.29, 1.82) is 0 Å². The second-order valence-electron chi connectivity index (χ2n) is 3.55. The Morgan fingerprint density at radius 3 is 2.88 bits per heavy atom. The molecule has 1 atom stereocenters. The molecule has 4 heteroatoms. The molecule has 84 valence electrons. The number of nitrogens with zero attached hydrogens (tertiary/aromatic N) is 1. The van der Waals surface area contributed by atoms with Gasteiger partial charge in [-0.05, 0) is 53.2 Å². The molecule has 0 fully saturated rings. The molecule has 0 bridgehead atoms. The molecular formula is C12H13BrN2O. The summed E-state index contributed by atoms with van der Waals surface area (Å²) in [7, 11) is 1.93. The fourth-order valence-electron chi connectivity index (χ4n) is 1.62. The topological polar surface area (TPSA) is 38.1 Å². The SMILES string of the molecule is CNC(Cc1cccnc1)c1ccc(Br)o1. The molecule has 2 aromatic rings. The first-order valence-electron chi connectivity index (χ1n) is 5.11. The second kappa shape index (κ2) is 5.27. The summed E-state index contributed by atoms with van der Waals surface area (Å²) in [6.45, 7) is 0. The second-order valence-corrected chi connectivity index (χ2v) is 4.33. The van der Waals surface area contributed by atoms with Crippen LogP contribution in [0.5, 0.6) is 0 Å². The molecule has 0 aliphatic heterocycles. The molecule has 2 rings (SSSR count). The van der Waals surface area contributed by atoms with Crippen molar-refractivity contribution in [2.45, 2.75) is 12.5 Å². The average Bonchev–Trinajstić information content (AvgIpc) is 2.74. The molecule has 1 N–H and O–H groups in total. The maximum absolute atomic E-state index is 5.54. The zero-order chi connectivity index (χ0) is 11.4. The van der Waals surface area contributed by atoms with Crippen molar-refractivity contribution in [1.82, 2.24) is 10.3 Å². The molecule has 0 amide bonds. The number of rotatable bonds is 4. The Morgan fingerprint density at radius 1 is 1.44 bits per heavy atom. The van der Waals surface area contributed by atoms with Crippen LogP contribution in [-0.4, -0.2) is 12.0 Å². The molecule has 0 aliphatic rings. The Hall–Kier alpha value is -1.13. The van der Waals surface area contributed by atoms with E-state index in [1.165, 1.54) is 5.56 Å². The van der Waals surface area contributed by atoms with Gasteiger partial charge in [-0.1, -0.05) is 6.07 Å². The Balaban J connectivity index is 2.12.